The molecular weight excluding hydrogens is 327 g/mol. The zero-order chi connectivity index (χ0) is 17.0. The predicted molar refractivity (Wildman–Crippen MR) is 85.0 cm³/mol. The summed E-state index contributed by atoms with van der Waals surface area (Å²) in [4.78, 5) is 14.1. The monoisotopic (exact) mass is 349 g/mol. The molecule has 2 N–H and O–H groups in total. The molecule has 1 unspecified atom stereocenters. The minimum Gasteiger partial charge on any atom is -0.349 e. The Morgan fingerprint density at radius 1 is 1.39 bits per heavy atom. The van der Waals surface area contributed by atoms with Crippen molar-refractivity contribution >= 4 is 17.2 Å². The van der Waals surface area contributed by atoms with Gasteiger partial charge in [-0.2, -0.15) is 13.2 Å². The first-order chi connectivity index (χ1) is 10.8. The second kappa shape index (κ2) is 7.63. The molecule has 1 atom stereocenters. The molecule has 0 radical (unpaired) electrons. The van der Waals surface area contributed by atoms with E-state index in [9.17, 15) is 18.0 Å². The van der Waals surface area contributed by atoms with Gasteiger partial charge in [0.2, 0.25) is 0 Å². The first kappa shape index (κ1) is 18.2. The van der Waals surface area contributed by atoms with Crippen LogP contribution in [0.15, 0.2) is 11.4 Å². The normalized spacial score (nSPS) is 18.2. The average Bonchev–Trinajstić information content (AvgIpc) is 2.96. The summed E-state index contributed by atoms with van der Waals surface area (Å²) in [5.41, 5.74) is 0.873. The highest BCUT2D eigenvalue weighted by Gasteiger charge is 2.43. The fourth-order valence-corrected chi connectivity index (χ4v) is 3.64. The van der Waals surface area contributed by atoms with Crippen LogP contribution in [0, 0.1) is 0 Å². The van der Waals surface area contributed by atoms with E-state index >= 15 is 0 Å². The zero-order valence-electron chi connectivity index (χ0n) is 13.2. The molecule has 0 aliphatic carbocycles. The van der Waals surface area contributed by atoms with Gasteiger partial charge >= 0.3 is 6.18 Å². The van der Waals surface area contributed by atoms with Gasteiger partial charge in [0.15, 0.2) is 0 Å². The maximum absolute atomic E-state index is 13.3. The van der Waals surface area contributed by atoms with Gasteiger partial charge in [-0.15, -0.1) is 11.3 Å². The smallest absolute Gasteiger partial charge is 0.349 e. The molecule has 0 spiro atoms. The van der Waals surface area contributed by atoms with Crippen molar-refractivity contribution in [3.63, 3.8) is 0 Å². The number of rotatable bonds is 5. The molecule has 8 heteroatoms. The average molecular weight is 349 g/mol. The number of nitrogens with one attached hydrogen (secondary N) is 2. The van der Waals surface area contributed by atoms with E-state index in [4.69, 9.17) is 0 Å². The fraction of sp³-hybridized carbons (Fsp3) is 0.667. The van der Waals surface area contributed by atoms with Crippen LogP contribution in [0.25, 0.3) is 0 Å². The van der Waals surface area contributed by atoms with Crippen LogP contribution in [0.3, 0.4) is 0 Å². The van der Waals surface area contributed by atoms with E-state index in [0.29, 0.717) is 31.1 Å². The van der Waals surface area contributed by atoms with Crippen LogP contribution in [-0.2, 0) is 0 Å². The van der Waals surface area contributed by atoms with Crippen LogP contribution in [0.4, 0.5) is 13.2 Å². The summed E-state index contributed by atoms with van der Waals surface area (Å²) in [5.74, 6) is -0.262. The fourth-order valence-electron chi connectivity index (χ4n) is 2.67. The maximum Gasteiger partial charge on any atom is 0.405 e. The van der Waals surface area contributed by atoms with E-state index in [1.807, 2.05) is 19.9 Å². The van der Waals surface area contributed by atoms with Crippen molar-refractivity contribution < 1.29 is 18.0 Å². The van der Waals surface area contributed by atoms with Gasteiger partial charge in [0.05, 0.1) is 4.88 Å². The van der Waals surface area contributed by atoms with E-state index in [2.05, 4.69) is 10.6 Å². The predicted octanol–water partition coefficient (Wildman–Crippen LogP) is 2.44. The van der Waals surface area contributed by atoms with E-state index < -0.39 is 24.7 Å². The molecule has 0 aromatic carbocycles. The number of amides is 1. The summed E-state index contributed by atoms with van der Waals surface area (Å²) in [6.45, 7) is 5.21. The molecular formula is C15H22F3N3OS. The van der Waals surface area contributed by atoms with Crippen molar-refractivity contribution in [2.75, 3.05) is 32.7 Å². The van der Waals surface area contributed by atoms with Crippen molar-refractivity contribution in [2.45, 2.75) is 32.0 Å². The molecule has 130 valence electrons. The van der Waals surface area contributed by atoms with Crippen LogP contribution in [0.2, 0.25) is 0 Å². The number of piperazine rings is 1. The summed E-state index contributed by atoms with van der Waals surface area (Å²) in [6.07, 6.45) is -4.36. The van der Waals surface area contributed by atoms with Gasteiger partial charge in [-0.1, -0.05) is 13.8 Å². The Labute approximate surface area is 138 Å². The highest BCUT2D eigenvalue weighted by atomic mass is 32.1. The Hall–Kier alpha value is -1.12. The van der Waals surface area contributed by atoms with E-state index in [1.54, 1.807) is 5.38 Å². The van der Waals surface area contributed by atoms with Crippen LogP contribution >= 0.6 is 11.3 Å². The van der Waals surface area contributed by atoms with Crippen LogP contribution in [0.5, 0.6) is 0 Å². The Morgan fingerprint density at radius 3 is 2.61 bits per heavy atom. The minimum atomic E-state index is -4.36. The number of halogens is 3. The van der Waals surface area contributed by atoms with Gasteiger partial charge in [-0.25, -0.2) is 0 Å². The third-order valence-electron chi connectivity index (χ3n) is 3.95. The third-order valence-corrected chi connectivity index (χ3v) is 4.88. The summed E-state index contributed by atoms with van der Waals surface area (Å²) in [6, 6.07) is 0.206. The summed E-state index contributed by atoms with van der Waals surface area (Å²) < 4.78 is 39.9. The van der Waals surface area contributed by atoms with Gasteiger partial charge < -0.3 is 10.6 Å². The molecule has 23 heavy (non-hydrogen) atoms. The molecule has 1 aliphatic heterocycles. The zero-order valence-corrected chi connectivity index (χ0v) is 14.1. The number of hydrogen-bond acceptors (Lipinski definition) is 4. The van der Waals surface area contributed by atoms with Crippen LogP contribution in [0.1, 0.15) is 35.0 Å². The molecule has 1 saturated heterocycles. The topological polar surface area (TPSA) is 44.4 Å². The van der Waals surface area contributed by atoms with Gasteiger partial charge in [0.1, 0.15) is 6.04 Å². The molecule has 0 bridgehead atoms. The Balaban J connectivity index is 2.03. The number of hydrogen-bond donors (Lipinski definition) is 2. The quantitative estimate of drug-likeness (QED) is 0.858. The first-order valence-corrected chi connectivity index (χ1v) is 8.55. The Kier molecular flexibility index (Phi) is 6.05. The molecule has 2 heterocycles. The molecule has 1 amide bonds. The van der Waals surface area contributed by atoms with Crippen molar-refractivity contribution in [3.8, 4) is 0 Å². The first-order valence-electron chi connectivity index (χ1n) is 7.67. The van der Waals surface area contributed by atoms with Gasteiger partial charge in [-0.05, 0) is 22.9 Å². The number of nitrogens with zero attached hydrogens (tertiary/aromatic N) is 1. The van der Waals surface area contributed by atoms with Crippen molar-refractivity contribution in [3.05, 3.63) is 21.9 Å². The van der Waals surface area contributed by atoms with Crippen LogP contribution in [-0.4, -0.2) is 55.7 Å². The van der Waals surface area contributed by atoms with Gasteiger partial charge in [-0.3, -0.25) is 9.69 Å². The molecule has 1 aliphatic rings. The van der Waals surface area contributed by atoms with Gasteiger partial charge in [0, 0.05) is 32.7 Å². The van der Waals surface area contributed by atoms with Crippen molar-refractivity contribution in [1.29, 1.82) is 0 Å². The largest absolute Gasteiger partial charge is 0.405 e. The molecule has 1 fully saturated rings. The Morgan fingerprint density at radius 2 is 2.04 bits per heavy atom. The summed E-state index contributed by atoms with van der Waals surface area (Å²) in [5, 5.41) is 7.30. The van der Waals surface area contributed by atoms with Gasteiger partial charge in [0.25, 0.3) is 5.91 Å². The van der Waals surface area contributed by atoms with Crippen LogP contribution < -0.4 is 10.6 Å². The third kappa shape index (κ3) is 4.68. The molecule has 1 aromatic rings. The SMILES string of the molecule is CC(C)c1ccsc1C(=O)NCC(N1CCNCC1)C(F)(F)F. The standard InChI is InChI=1S/C15H22F3N3OS/c1-10(2)11-3-8-23-13(11)14(22)20-9-12(15(16,17)18)21-6-4-19-5-7-21/h3,8,10,12,19H,4-7,9H2,1-2H3,(H,20,22). The maximum atomic E-state index is 13.3. The lowest BCUT2D eigenvalue weighted by Gasteiger charge is -2.35. The molecule has 0 saturated carbocycles. The summed E-state index contributed by atoms with van der Waals surface area (Å²) in [7, 11) is 0. The second-order valence-electron chi connectivity index (χ2n) is 5.91. The van der Waals surface area contributed by atoms with E-state index in [0.717, 1.165) is 5.56 Å². The van der Waals surface area contributed by atoms with Crippen molar-refractivity contribution in [2.24, 2.45) is 0 Å². The lowest BCUT2D eigenvalue weighted by molar-refractivity contribution is -0.183. The second-order valence-corrected chi connectivity index (χ2v) is 6.83. The Bertz CT molecular complexity index is 524. The van der Waals surface area contributed by atoms with E-state index in [-0.39, 0.29) is 5.92 Å². The van der Waals surface area contributed by atoms with Crippen molar-refractivity contribution in [1.82, 2.24) is 15.5 Å². The highest BCUT2D eigenvalue weighted by Crippen LogP contribution is 2.26. The summed E-state index contributed by atoms with van der Waals surface area (Å²) >= 11 is 1.26. The molecule has 2 rings (SSSR count). The number of carbonyl (C=O) groups excluding carboxylic acids is 1. The van der Waals surface area contributed by atoms with E-state index in [1.165, 1.54) is 16.2 Å². The lowest BCUT2D eigenvalue weighted by atomic mass is 10.0. The highest BCUT2D eigenvalue weighted by molar-refractivity contribution is 7.12. The minimum absolute atomic E-state index is 0.161. The number of thiophene rings is 1. The lowest BCUT2D eigenvalue weighted by Crippen LogP contribution is -2.57. The number of carbonyl (C=O) groups is 1. The number of alkyl halides is 3. The molecule has 1 aromatic heterocycles. The molecule has 4 nitrogen and oxygen atoms in total.